The lowest BCUT2D eigenvalue weighted by atomic mass is 10.1. The van der Waals surface area contributed by atoms with Crippen molar-refractivity contribution in [1.82, 2.24) is 0 Å². The van der Waals surface area contributed by atoms with Crippen LogP contribution in [0.5, 0.6) is 0 Å². The predicted octanol–water partition coefficient (Wildman–Crippen LogP) is 2.20. The molecule has 2 nitrogen and oxygen atoms in total. The van der Waals surface area contributed by atoms with Crippen LogP contribution in [-0.2, 0) is 4.79 Å². The first-order chi connectivity index (χ1) is 6.43. The third kappa shape index (κ3) is 1.84. The Balaban J connectivity index is 3.27. The summed E-state index contributed by atoms with van der Waals surface area (Å²) in [6.45, 7) is 0. The highest BCUT2D eigenvalue weighted by molar-refractivity contribution is 5.74. The Bertz CT molecular complexity index is 355. The zero-order valence-corrected chi connectivity index (χ0v) is 6.60. The monoisotopic (exact) mass is 208 g/mol. The van der Waals surface area contributed by atoms with E-state index in [0.717, 1.165) is 0 Å². The Hall–Kier alpha value is -1.59. The Morgan fingerprint density at radius 3 is 2.00 bits per heavy atom. The summed E-state index contributed by atoms with van der Waals surface area (Å²) in [5.74, 6) is -6.38. The molecule has 1 rings (SSSR count). The molecule has 1 aromatic rings. The van der Waals surface area contributed by atoms with Gasteiger partial charge in [-0.05, 0) is 0 Å². The van der Waals surface area contributed by atoms with Crippen LogP contribution in [0.25, 0.3) is 0 Å². The minimum Gasteiger partial charge on any atom is -0.479 e. The maximum absolute atomic E-state index is 12.7. The molecular formula is C8H4F4O2. The molecule has 0 aliphatic carbocycles. The highest BCUT2D eigenvalue weighted by atomic mass is 19.2. The van der Waals surface area contributed by atoms with Gasteiger partial charge in [0.2, 0.25) is 6.17 Å². The van der Waals surface area contributed by atoms with Crippen molar-refractivity contribution in [3.8, 4) is 0 Å². The van der Waals surface area contributed by atoms with E-state index in [4.69, 9.17) is 5.11 Å². The van der Waals surface area contributed by atoms with E-state index in [1.165, 1.54) is 0 Å². The van der Waals surface area contributed by atoms with E-state index in [1.54, 1.807) is 0 Å². The molecular weight excluding hydrogens is 204 g/mol. The first-order valence-corrected chi connectivity index (χ1v) is 3.44. The second-order valence-electron chi connectivity index (χ2n) is 2.48. The second kappa shape index (κ2) is 3.65. The molecule has 0 saturated heterocycles. The molecule has 1 N–H and O–H groups in total. The summed E-state index contributed by atoms with van der Waals surface area (Å²) in [5, 5.41) is 8.15. The molecule has 0 fully saturated rings. The van der Waals surface area contributed by atoms with Gasteiger partial charge in [-0.1, -0.05) is 0 Å². The second-order valence-corrected chi connectivity index (χ2v) is 2.48. The van der Waals surface area contributed by atoms with Gasteiger partial charge >= 0.3 is 5.97 Å². The number of carboxylic acid groups (broad SMARTS) is 1. The zero-order valence-electron chi connectivity index (χ0n) is 6.60. The van der Waals surface area contributed by atoms with Crippen molar-refractivity contribution in [2.24, 2.45) is 0 Å². The molecule has 0 saturated carbocycles. The van der Waals surface area contributed by atoms with E-state index >= 15 is 0 Å². The van der Waals surface area contributed by atoms with Crippen molar-refractivity contribution in [1.29, 1.82) is 0 Å². The third-order valence-corrected chi connectivity index (χ3v) is 1.51. The van der Waals surface area contributed by atoms with E-state index < -0.39 is 35.2 Å². The summed E-state index contributed by atoms with van der Waals surface area (Å²) in [5.41, 5.74) is -1.29. The average molecular weight is 208 g/mol. The van der Waals surface area contributed by atoms with Crippen molar-refractivity contribution in [2.45, 2.75) is 6.17 Å². The van der Waals surface area contributed by atoms with Gasteiger partial charge in [0.1, 0.15) is 17.5 Å². The Kier molecular flexibility index (Phi) is 2.73. The molecule has 0 aromatic heterocycles. The normalized spacial score (nSPS) is 12.6. The van der Waals surface area contributed by atoms with Gasteiger partial charge in [-0.15, -0.1) is 0 Å². The number of hydrogen-bond donors (Lipinski definition) is 1. The van der Waals surface area contributed by atoms with Gasteiger partial charge in [0, 0.05) is 12.1 Å². The molecule has 0 amide bonds. The van der Waals surface area contributed by atoms with Crippen LogP contribution in [0.4, 0.5) is 17.6 Å². The number of aliphatic carboxylic acids is 1. The summed E-state index contributed by atoms with van der Waals surface area (Å²) in [4.78, 5) is 10.1. The van der Waals surface area contributed by atoms with Gasteiger partial charge in [0.05, 0.1) is 5.56 Å². The summed E-state index contributed by atoms with van der Waals surface area (Å²) in [6, 6.07) is 0.432. The first kappa shape index (κ1) is 10.5. The number of halogens is 4. The molecule has 0 aliphatic rings. The average Bonchev–Trinajstić information content (AvgIpc) is 2.01. The van der Waals surface area contributed by atoms with Crippen molar-refractivity contribution in [3.05, 3.63) is 35.1 Å². The maximum Gasteiger partial charge on any atom is 0.343 e. The lowest BCUT2D eigenvalue weighted by Gasteiger charge is -2.06. The molecule has 0 spiro atoms. The number of benzene rings is 1. The molecule has 76 valence electrons. The zero-order chi connectivity index (χ0) is 10.9. The van der Waals surface area contributed by atoms with Crippen LogP contribution in [0.2, 0.25) is 0 Å². The number of carboxylic acids is 1. The topological polar surface area (TPSA) is 37.3 Å². The fraction of sp³-hybridized carbons (Fsp3) is 0.125. The molecule has 0 radical (unpaired) electrons. The number of alkyl halides is 1. The summed E-state index contributed by atoms with van der Waals surface area (Å²) in [6.07, 6.45) is -2.84. The lowest BCUT2D eigenvalue weighted by molar-refractivity contribution is -0.143. The Morgan fingerprint density at radius 1 is 1.21 bits per heavy atom. The quantitative estimate of drug-likeness (QED) is 0.756. The smallest absolute Gasteiger partial charge is 0.343 e. The van der Waals surface area contributed by atoms with E-state index in [9.17, 15) is 22.4 Å². The first-order valence-electron chi connectivity index (χ1n) is 3.44. The van der Waals surface area contributed by atoms with Crippen molar-refractivity contribution < 1.29 is 27.5 Å². The fourth-order valence-electron chi connectivity index (χ4n) is 0.919. The predicted molar refractivity (Wildman–Crippen MR) is 37.8 cm³/mol. The number of hydrogen-bond acceptors (Lipinski definition) is 1. The van der Waals surface area contributed by atoms with Gasteiger partial charge in [-0.2, -0.15) is 0 Å². The minimum atomic E-state index is -2.84. The van der Waals surface area contributed by atoms with E-state index in [1.807, 2.05) is 0 Å². The van der Waals surface area contributed by atoms with E-state index in [-0.39, 0.29) is 12.1 Å². The van der Waals surface area contributed by atoms with Crippen molar-refractivity contribution in [3.63, 3.8) is 0 Å². The van der Waals surface area contributed by atoms with Crippen LogP contribution >= 0.6 is 0 Å². The van der Waals surface area contributed by atoms with Crippen molar-refractivity contribution in [2.75, 3.05) is 0 Å². The molecule has 0 aliphatic heterocycles. The van der Waals surface area contributed by atoms with Gasteiger partial charge in [-0.25, -0.2) is 22.4 Å². The van der Waals surface area contributed by atoms with E-state index in [2.05, 4.69) is 0 Å². The highest BCUT2D eigenvalue weighted by Crippen LogP contribution is 2.24. The van der Waals surface area contributed by atoms with Gasteiger partial charge in [0.15, 0.2) is 0 Å². The number of rotatable bonds is 2. The molecule has 0 bridgehead atoms. The molecule has 14 heavy (non-hydrogen) atoms. The molecule has 1 unspecified atom stereocenters. The fourth-order valence-corrected chi connectivity index (χ4v) is 0.919. The van der Waals surface area contributed by atoms with Crippen molar-refractivity contribution >= 4 is 5.97 Å². The third-order valence-electron chi connectivity index (χ3n) is 1.51. The standard InChI is InChI=1S/C8H4F4O2/c9-3-1-4(10)6(5(11)2-3)7(12)8(13)14/h1-2,7H,(H,13,14). The maximum atomic E-state index is 12.7. The summed E-state index contributed by atoms with van der Waals surface area (Å²) in [7, 11) is 0. The SMILES string of the molecule is O=C(O)C(F)c1c(F)cc(F)cc1F. The van der Waals surface area contributed by atoms with Crippen LogP contribution in [0, 0.1) is 17.5 Å². The van der Waals surface area contributed by atoms with Crippen LogP contribution < -0.4 is 0 Å². The van der Waals surface area contributed by atoms with Crippen LogP contribution in [0.15, 0.2) is 12.1 Å². The molecule has 0 heterocycles. The van der Waals surface area contributed by atoms with Gasteiger partial charge < -0.3 is 5.11 Å². The highest BCUT2D eigenvalue weighted by Gasteiger charge is 2.26. The Labute approximate surface area is 75.8 Å². The largest absolute Gasteiger partial charge is 0.479 e. The molecule has 1 atom stereocenters. The van der Waals surface area contributed by atoms with Crippen LogP contribution in [-0.4, -0.2) is 11.1 Å². The van der Waals surface area contributed by atoms with E-state index in [0.29, 0.717) is 0 Å². The van der Waals surface area contributed by atoms with Gasteiger partial charge in [-0.3, -0.25) is 0 Å². The molecule has 6 heteroatoms. The number of carbonyl (C=O) groups is 1. The van der Waals surface area contributed by atoms with Crippen LogP contribution in [0.1, 0.15) is 11.7 Å². The summed E-state index contributed by atoms with van der Waals surface area (Å²) >= 11 is 0. The lowest BCUT2D eigenvalue weighted by Crippen LogP contribution is -2.10. The molecule has 1 aromatic carbocycles. The summed E-state index contributed by atoms with van der Waals surface area (Å²) < 4.78 is 50.5. The van der Waals surface area contributed by atoms with Gasteiger partial charge in [0.25, 0.3) is 0 Å². The Morgan fingerprint density at radius 2 is 1.64 bits per heavy atom. The van der Waals surface area contributed by atoms with Crippen LogP contribution in [0.3, 0.4) is 0 Å². The minimum absolute atomic E-state index is 0.216.